The molecule has 0 spiro atoms. The van der Waals surface area contributed by atoms with E-state index in [9.17, 15) is 9.59 Å². The van der Waals surface area contributed by atoms with Crippen LogP contribution in [0.2, 0.25) is 0 Å². The molecule has 0 saturated carbocycles. The Morgan fingerprint density at radius 1 is 1.04 bits per heavy atom. The van der Waals surface area contributed by atoms with Crippen LogP contribution in [0.3, 0.4) is 0 Å². The van der Waals surface area contributed by atoms with Crippen LogP contribution < -0.4 is 14.8 Å². The van der Waals surface area contributed by atoms with Crippen LogP contribution in [0.1, 0.15) is 26.5 Å². The molecule has 0 bridgehead atoms. The lowest BCUT2D eigenvalue weighted by atomic mass is 10.1. The maximum atomic E-state index is 12.4. The maximum absolute atomic E-state index is 12.4. The van der Waals surface area contributed by atoms with Crippen molar-refractivity contribution in [3.8, 4) is 11.5 Å². The molecule has 1 aliphatic heterocycles. The number of nitrogens with one attached hydrogen (secondary N) is 1. The third-order valence-electron chi connectivity index (χ3n) is 4.06. The van der Waals surface area contributed by atoms with Gasteiger partial charge in [-0.2, -0.15) is 0 Å². The molecule has 0 aliphatic carbocycles. The third kappa shape index (κ3) is 2.90. The van der Waals surface area contributed by atoms with Gasteiger partial charge in [0.2, 0.25) is 12.6 Å². The second-order valence-electron chi connectivity index (χ2n) is 5.79. The van der Waals surface area contributed by atoms with Crippen molar-refractivity contribution in [2.45, 2.75) is 0 Å². The van der Waals surface area contributed by atoms with E-state index in [2.05, 4.69) is 10.3 Å². The molecule has 0 atom stereocenters. The van der Waals surface area contributed by atoms with Crippen LogP contribution in [-0.2, 0) is 7.05 Å². The average Bonchev–Trinajstić information content (AvgIpc) is 3.29. The number of ketones is 1. The summed E-state index contributed by atoms with van der Waals surface area (Å²) in [6.07, 6.45) is 3.29. The Hall–Kier alpha value is -3.61. The highest BCUT2D eigenvalue weighted by atomic mass is 16.7. The van der Waals surface area contributed by atoms with Crippen LogP contribution in [0.5, 0.6) is 11.5 Å². The third-order valence-corrected chi connectivity index (χ3v) is 4.06. The first kappa shape index (κ1) is 15.9. The molecule has 1 amide bonds. The Balaban J connectivity index is 1.48. The number of carbonyl (C=O) groups excluding carboxylic acids is 2. The number of fused-ring (bicyclic) bond motifs is 1. The van der Waals surface area contributed by atoms with Gasteiger partial charge in [-0.05, 0) is 42.5 Å². The number of hydrogen-bond acceptors (Lipinski definition) is 5. The minimum absolute atomic E-state index is 0.159. The summed E-state index contributed by atoms with van der Waals surface area (Å²) < 4.78 is 12.2. The van der Waals surface area contributed by atoms with Crippen molar-refractivity contribution in [2.24, 2.45) is 7.05 Å². The monoisotopic (exact) mass is 349 g/mol. The van der Waals surface area contributed by atoms with Crippen molar-refractivity contribution >= 4 is 17.4 Å². The van der Waals surface area contributed by atoms with Crippen LogP contribution in [0.15, 0.2) is 54.9 Å². The van der Waals surface area contributed by atoms with Gasteiger partial charge in [0.05, 0.1) is 0 Å². The molecule has 26 heavy (non-hydrogen) atoms. The predicted molar refractivity (Wildman–Crippen MR) is 93.6 cm³/mol. The average molecular weight is 349 g/mol. The van der Waals surface area contributed by atoms with Gasteiger partial charge in [-0.3, -0.25) is 9.59 Å². The zero-order valence-electron chi connectivity index (χ0n) is 13.9. The van der Waals surface area contributed by atoms with Crippen molar-refractivity contribution in [1.29, 1.82) is 0 Å². The van der Waals surface area contributed by atoms with Gasteiger partial charge < -0.3 is 19.4 Å². The van der Waals surface area contributed by atoms with Gasteiger partial charge in [-0.15, -0.1) is 0 Å². The van der Waals surface area contributed by atoms with E-state index < -0.39 is 0 Å². The molecule has 4 rings (SSSR count). The van der Waals surface area contributed by atoms with Crippen molar-refractivity contribution in [1.82, 2.24) is 9.55 Å². The summed E-state index contributed by atoms with van der Waals surface area (Å²) in [4.78, 5) is 28.8. The van der Waals surface area contributed by atoms with Gasteiger partial charge in [0, 0.05) is 36.3 Å². The highest BCUT2D eigenvalue weighted by Gasteiger charge is 2.17. The predicted octanol–water partition coefficient (Wildman–Crippen LogP) is 2.63. The lowest BCUT2D eigenvalue weighted by Crippen LogP contribution is -2.12. The molecule has 0 radical (unpaired) electrons. The summed E-state index contributed by atoms with van der Waals surface area (Å²) in [7, 11) is 1.76. The number of rotatable bonds is 4. The maximum Gasteiger partial charge on any atom is 0.255 e. The fraction of sp³-hybridized carbons (Fsp3) is 0.105. The van der Waals surface area contributed by atoms with Crippen molar-refractivity contribution in [2.75, 3.05) is 12.1 Å². The first-order valence-electron chi connectivity index (χ1n) is 7.95. The molecule has 7 heteroatoms. The summed E-state index contributed by atoms with van der Waals surface area (Å²) in [6, 6.07) is 11.7. The first-order valence-corrected chi connectivity index (χ1v) is 7.95. The van der Waals surface area contributed by atoms with Crippen LogP contribution in [-0.4, -0.2) is 28.0 Å². The van der Waals surface area contributed by atoms with Crippen molar-refractivity contribution < 1.29 is 19.1 Å². The number of imidazole rings is 1. The van der Waals surface area contributed by atoms with Gasteiger partial charge >= 0.3 is 0 Å². The molecule has 130 valence electrons. The van der Waals surface area contributed by atoms with E-state index >= 15 is 0 Å². The lowest BCUT2D eigenvalue weighted by molar-refractivity contribution is 0.102. The lowest BCUT2D eigenvalue weighted by Gasteiger charge is -2.07. The molecule has 3 aromatic rings. The van der Waals surface area contributed by atoms with Gasteiger partial charge in [-0.1, -0.05) is 0 Å². The Morgan fingerprint density at radius 2 is 1.77 bits per heavy atom. The molecule has 1 aromatic heterocycles. The van der Waals surface area contributed by atoms with Gasteiger partial charge in [0.25, 0.3) is 5.91 Å². The molecule has 2 aromatic carbocycles. The minimum atomic E-state index is -0.272. The van der Waals surface area contributed by atoms with Crippen LogP contribution >= 0.6 is 0 Å². The zero-order chi connectivity index (χ0) is 18.1. The summed E-state index contributed by atoms with van der Waals surface area (Å²) >= 11 is 0. The molecule has 0 fully saturated rings. The Morgan fingerprint density at radius 3 is 2.50 bits per heavy atom. The smallest absolute Gasteiger partial charge is 0.255 e. The summed E-state index contributed by atoms with van der Waals surface area (Å²) in [6.45, 7) is 0.159. The molecular formula is C19H15N3O4. The topological polar surface area (TPSA) is 82.5 Å². The first-order chi connectivity index (χ1) is 12.6. The van der Waals surface area contributed by atoms with Gasteiger partial charge in [-0.25, -0.2) is 4.98 Å². The molecule has 2 heterocycles. The number of hydrogen-bond donors (Lipinski definition) is 1. The fourth-order valence-corrected chi connectivity index (χ4v) is 2.66. The number of anilines is 1. The van der Waals surface area contributed by atoms with E-state index in [0.717, 1.165) is 0 Å². The van der Waals surface area contributed by atoms with E-state index in [0.29, 0.717) is 34.1 Å². The largest absolute Gasteiger partial charge is 0.454 e. The fourth-order valence-electron chi connectivity index (χ4n) is 2.66. The van der Waals surface area contributed by atoms with Gasteiger partial charge in [0.15, 0.2) is 17.3 Å². The van der Waals surface area contributed by atoms with E-state index in [1.807, 2.05) is 0 Å². The molecule has 0 saturated heterocycles. The molecule has 0 unspecified atom stereocenters. The van der Waals surface area contributed by atoms with E-state index in [1.165, 1.54) is 0 Å². The number of carbonyl (C=O) groups is 2. The Kier molecular flexibility index (Phi) is 3.89. The minimum Gasteiger partial charge on any atom is -0.454 e. The van der Waals surface area contributed by atoms with Crippen molar-refractivity contribution in [3.63, 3.8) is 0 Å². The Labute approximate surface area is 149 Å². The Bertz CT molecular complexity index is 992. The van der Waals surface area contributed by atoms with Crippen LogP contribution in [0.25, 0.3) is 0 Å². The van der Waals surface area contributed by atoms with Crippen molar-refractivity contribution in [3.05, 3.63) is 71.8 Å². The van der Waals surface area contributed by atoms with E-state index in [1.54, 1.807) is 66.5 Å². The van der Waals surface area contributed by atoms with E-state index in [-0.39, 0.29) is 18.5 Å². The molecule has 1 N–H and O–H groups in total. The summed E-state index contributed by atoms with van der Waals surface area (Å²) in [5.74, 6) is 1.09. The quantitative estimate of drug-likeness (QED) is 0.732. The van der Waals surface area contributed by atoms with Crippen LogP contribution in [0.4, 0.5) is 5.69 Å². The normalized spacial score (nSPS) is 12.0. The van der Waals surface area contributed by atoms with E-state index in [4.69, 9.17) is 9.47 Å². The van der Waals surface area contributed by atoms with Gasteiger partial charge in [0.1, 0.15) is 0 Å². The number of aryl methyl sites for hydroxylation is 1. The molecule has 7 nitrogen and oxygen atoms in total. The number of amides is 1. The summed E-state index contributed by atoms with van der Waals surface area (Å²) in [5.41, 5.74) is 1.55. The number of ether oxygens (including phenoxy) is 2. The second-order valence-corrected chi connectivity index (χ2v) is 5.79. The highest BCUT2D eigenvalue weighted by molar-refractivity contribution is 6.08. The molecular weight excluding hydrogens is 334 g/mol. The summed E-state index contributed by atoms with van der Waals surface area (Å²) in [5, 5.41) is 2.79. The van der Waals surface area contributed by atoms with Crippen LogP contribution in [0, 0.1) is 0 Å². The highest BCUT2D eigenvalue weighted by Crippen LogP contribution is 2.32. The second kappa shape index (κ2) is 6.36. The number of aromatic nitrogens is 2. The number of nitrogens with zero attached hydrogens (tertiary/aromatic N) is 2. The number of benzene rings is 2. The zero-order valence-corrected chi connectivity index (χ0v) is 13.9. The SMILES string of the molecule is Cn1ccnc1C(=O)c1ccc(NC(=O)c2ccc3c(c2)OCO3)cc1. The molecule has 1 aliphatic rings. The standard InChI is InChI=1S/C19H15N3O4/c1-22-9-8-20-18(22)17(23)12-2-5-14(6-3-12)21-19(24)13-4-7-15-16(10-13)26-11-25-15/h2-10H,11H2,1H3,(H,21,24).